The van der Waals surface area contributed by atoms with Crippen LogP contribution in [0, 0.1) is 23.3 Å². The van der Waals surface area contributed by atoms with Crippen LogP contribution in [0.25, 0.3) is 0 Å². The molecule has 0 saturated carbocycles. The topological polar surface area (TPSA) is 18.5 Å². The van der Waals surface area contributed by atoms with Gasteiger partial charge < -0.3 is 8.85 Å². The second-order valence-corrected chi connectivity index (χ2v) is 27.3. The maximum atomic E-state index is 7.05. The van der Waals surface area contributed by atoms with E-state index in [0.29, 0.717) is 13.2 Å². The molecule has 0 unspecified atom stereocenters. The first-order valence-electron chi connectivity index (χ1n) is 13.6. The Labute approximate surface area is 236 Å². The molecule has 0 spiro atoms. The van der Waals surface area contributed by atoms with E-state index in [0.717, 1.165) is 5.57 Å². The standard InChI is InChI=1S/C33H48O2Si3/c1-32(2,3)37(10,11)34-26-18-19-29(25-28-36(7,8)9)24-27-35-38(33(4,5)6,30-20-14-12-15-21-30)31-22-16-13-17-23-31/h12-17,20-24H,26-27H2,1-11H3/b29-24-. The molecule has 0 aromatic heterocycles. The van der Waals surface area contributed by atoms with Crippen LogP contribution in [0.3, 0.4) is 0 Å². The molecule has 38 heavy (non-hydrogen) atoms. The van der Waals surface area contributed by atoms with Crippen LogP contribution in [0.4, 0.5) is 0 Å². The summed E-state index contributed by atoms with van der Waals surface area (Å²) < 4.78 is 13.3. The average Bonchev–Trinajstić information content (AvgIpc) is 2.81. The Morgan fingerprint density at radius 2 is 1.21 bits per heavy atom. The molecule has 2 nitrogen and oxygen atoms in total. The first-order valence-corrected chi connectivity index (χ1v) is 21.9. The molecule has 2 rings (SSSR count). The zero-order valence-corrected chi connectivity index (χ0v) is 28.6. The summed E-state index contributed by atoms with van der Waals surface area (Å²) in [4.78, 5) is 0. The molecule has 204 valence electrons. The van der Waals surface area contributed by atoms with Gasteiger partial charge in [0, 0.05) is 0 Å². The van der Waals surface area contributed by atoms with Crippen LogP contribution in [-0.4, -0.2) is 37.9 Å². The number of hydrogen-bond acceptors (Lipinski definition) is 2. The van der Waals surface area contributed by atoms with Crippen molar-refractivity contribution in [2.24, 2.45) is 0 Å². The molecule has 2 aromatic carbocycles. The quantitative estimate of drug-likeness (QED) is 0.260. The molecule has 0 atom stereocenters. The van der Waals surface area contributed by atoms with Crippen LogP contribution in [0.1, 0.15) is 41.5 Å². The van der Waals surface area contributed by atoms with Gasteiger partial charge in [-0.05, 0) is 39.6 Å². The van der Waals surface area contributed by atoms with Crippen LogP contribution in [0.2, 0.25) is 42.8 Å². The third-order valence-electron chi connectivity index (χ3n) is 7.11. The molecule has 0 aliphatic heterocycles. The van der Waals surface area contributed by atoms with Crippen molar-refractivity contribution in [2.45, 2.75) is 84.4 Å². The second-order valence-electron chi connectivity index (χ2n) is 13.4. The Morgan fingerprint density at radius 3 is 1.63 bits per heavy atom. The maximum absolute atomic E-state index is 7.05. The van der Waals surface area contributed by atoms with Gasteiger partial charge in [-0.1, -0.05) is 140 Å². The van der Waals surface area contributed by atoms with Crippen molar-refractivity contribution < 1.29 is 8.85 Å². The summed E-state index contributed by atoms with van der Waals surface area (Å²) in [5.41, 5.74) is 4.31. The van der Waals surface area contributed by atoms with Gasteiger partial charge in [0.25, 0.3) is 8.32 Å². The third-order valence-corrected chi connectivity index (χ3v) is 17.5. The molecule has 0 fully saturated rings. The Kier molecular flexibility index (Phi) is 10.8. The van der Waals surface area contributed by atoms with E-state index in [1.54, 1.807) is 0 Å². The van der Waals surface area contributed by atoms with Crippen molar-refractivity contribution in [3.63, 3.8) is 0 Å². The van der Waals surface area contributed by atoms with Crippen molar-refractivity contribution in [1.29, 1.82) is 0 Å². The minimum atomic E-state index is -2.61. The van der Waals surface area contributed by atoms with Gasteiger partial charge in [0.05, 0.1) is 18.8 Å². The molecule has 0 radical (unpaired) electrons. The van der Waals surface area contributed by atoms with Gasteiger partial charge in [0.1, 0.15) is 8.07 Å². The molecule has 0 aliphatic carbocycles. The summed E-state index contributed by atoms with van der Waals surface area (Å²) in [5.74, 6) is 9.95. The van der Waals surface area contributed by atoms with Crippen LogP contribution in [-0.2, 0) is 8.85 Å². The lowest BCUT2D eigenvalue weighted by Gasteiger charge is -2.42. The number of allylic oxidation sites excluding steroid dienone is 1. The Bertz CT molecular complexity index is 1150. The van der Waals surface area contributed by atoms with Gasteiger partial charge >= 0.3 is 0 Å². The highest BCUT2D eigenvalue weighted by Gasteiger charge is 2.49. The van der Waals surface area contributed by atoms with E-state index < -0.39 is 24.7 Å². The highest BCUT2D eigenvalue weighted by Crippen LogP contribution is 2.37. The summed E-state index contributed by atoms with van der Waals surface area (Å²) in [6.07, 6.45) is 2.08. The summed E-state index contributed by atoms with van der Waals surface area (Å²) in [6.45, 7) is 25.8. The fourth-order valence-electron chi connectivity index (χ4n) is 3.96. The SMILES string of the molecule is CC(C)(C)[Si](C)(C)OCC#C/C(C#C[Si](C)(C)C)=C/CO[Si](c1ccccc1)(c1ccccc1)C(C)(C)C. The first-order chi connectivity index (χ1) is 17.5. The molecule has 2 aromatic rings. The number of benzene rings is 2. The lowest BCUT2D eigenvalue weighted by atomic mass is 10.2. The van der Waals surface area contributed by atoms with E-state index in [2.05, 4.69) is 164 Å². The van der Waals surface area contributed by atoms with Crippen LogP contribution < -0.4 is 10.4 Å². The van der Waals surface area contributed by atoms with Crippen molar-refractivity contribution in [3.05, 3.63) is 72.3 Å². The van der Waals surface area contributed by atoms with E-state index in [1.165, 1.54) is 10.4 Å². The fraction of sp³-hybridized carbons (Fsp3) is 0.455. The molecular formula is C33H48O2Si3. The number of rotatable bonds is 7. The van der Waals surface area contributed by atoms with Crippen molar-refractivity contribution in [1.82, 2.24) is 0 Å². The van der Waals surface area contributed by atoms with Crippen LogP contribution in [0.15, 0.2) is 72.3 Å². The molecule has 0 aliphatic rings. The monoisotopic (exact) mass is 560 g/mol. The summed E-state index contributed by atoms with van der Waals surface area (Å²) in [6, 6.07) is 21.5. The zero-order valence-electron chi connectivity index (χ0n) is 25.6. The minimum Gasteiger partial charge on any atom is -0.406 e. The van der Waals surface area contributed by atoms with Crippen molar-refractivity contribution in [2.75, 3.05) is 13.2 Å². The lowest BCUT2D eigenvalue weighted by molar-refractivity contribution is 0.334. The summed E-state index contributed by atoms with van der Waals surface area (Å²) in [5, 5.41) is 2.64. The van der Waals surface area contributed by atoms with E-state index in [9.17, 15) is 0 Å². The van der Waals surface area contributed by atoms with Crippen LogP contribution in [0.5, 0.6) is 0 Å². The maximum Gasteiger partial charge on any atom is 0.261 e. The normalized spacial score (nSPS) is 13.3. The first kappa shape index (κ1) is 32.1. The summed E-state index contributed by atoms with van der Waals surface area (Å²) in [7, 11) is -6.01. The third kappa shape index (κ3) is 8.70. The average molecular weight is 561 g/mol. The largest absolute Gasteiger partial charge is 0.406 e. The predicted molar refractivity (Wildman–Crippen MR) is 174 cm³/mol. The lowest BCUT2D eigenvalue weighted by Crippen LogP contribution is -2.66. The van der Waals surface area contributed by atoms with Gasteiger partial charge in [0.2, 0.25) is 0 Å². The van der Waals surface area contributed by atoms with Gasteiger partial charge in [-0.25, -0.2) is 0 Å². The highest BCUT2D eigenvalue weighted by molar-refractivity contribution is 6.99. The molecular weight excluding hydrogens is 513 g/mol. The molecule has 0 bridgehead atoms. The van der Waals surface area contributed by atoms with E-state index in [-0.39, 0.29) is 10.1 Å². The van der Waals surface area contributed by atoms with Gasteiger partial charge in [0.15, 0.2) is 8.32 Å². The molecule has 0 heterocycles. The Hall–Kier alpha value is -2.13. The van der Waals surface area contributed by atoms with Gasteiger partial charge in [-0.3, -0.25) is 0 Å². The fourth-order valence-corrected chi connectivity index (χ4v) is 9.83. The molecule has 0 saturated heterocycles. The van der Waals surface area contributed by atoms with Gasteiger partial charge in [-0.2, -0.15) is 0 Å². The summed E-state index contributed by atoms with van der Waals surface area (Å²) >= 11 is 0. The van der Waals surface area contributed by atoms with E-state index in [1.807, 2.05) is 0 Å². The molecule has 0 N–H and O–H groups in total. The second kappa shape index (κ2) is 12.8. The van der Waals surface area contributed by atoms with Crippen molar-refractivity contribution in [3.8, 4) is 23.3 Å². The van der Waals surface area contributed by atoms with Gasteiger partial charge in [-0.15, -0.1) is 5.54 Å². The van der Waals surface area contributed by atoms with Crippen LogP contribution >= 0.6 is 0 Å². The Balaban J connectivity index is 2.45. The van der Waals surface area contributed by atoms with Crippen molar-refractivity contribution >= 4 is 35.1 Å². The minimum absolute atomic E-state index is 0.0730. The smallest absolute Gasteiger partial charge is 0.261 e. The number of hydrogen-bond donors (Lipinski definition) is 0. The Morgan fingerprint density at radius 1 is 0.711 bits per heavy atom. The molecule has 5 heteroatoms. The predicted octanol–water partition coefficient (Wildman–Crippen LogP) is 7.40. The highest BCUT2D eigenvalue weighted by atomic mass is 28.4. The van der Waals surface area contributed by atoms with E-state index >= 15 is 0 Å². The molecule has 0 amide bonds. The zero-order chi connectivity index (χ0) is 28.7. The van der Waals surface area contributed by atoms with E-state index in [4.69, 9.17) is 8.85 Å².